The molecule has 0 spiro atoms. The molecule has 46 heavy (non-hydrogen) atoms. The van der Waals surface area contributed by atoms with E-state index in [2.05, 4.69) is 20.2 Å². The van der Waals surface area contributed by atoms with Crippen molar-refractivity contribution in [3.63, 3.8) is 0 Å². The molecule has 0 bridgehead atoms. The lowest BCUT2D eigenvalue weighted by molar-refractivity contribution is -0.118. The fourth-order valence-electron chi connectivity index (χ4n) is 6.49. The van der Waals surface area contributed by atoms with Gasteiger partial charge in [-0.2, -0.15) is 5.10 Å². The van der Waals surface area contributed by atoms with Crippen LogP contribution in [0.5, 0.6) is 0 Å². The summed E-state index contributed by atoms with van der Waals surface area (Å²) in [5.74, 6) is -0.611. The van der Waals surface area contributed by atoms with Gasteiger partial charge in [0, 0.05) is 67.0 Å². The van der Waals surface area contributed by atoms with Gasteiger partial charge in [0.2, 0.25) is 0 Å². The van der Waals surface area contributed by atoms with E-state index in [1.165, 1.54) is 16.0 Å². The Bertz CT molecular complexity index is 1860. The number of anilines is 1. The number of rotatable bonds is 9. The molecule has 7 rings (SSSR count). The third-order valence-corrected chi connectivity index (χ3v) is 10.2. The largest absolute Gasteiger partial charge is 0.383 e. The van der Waals surface area contributed by atoms with E-state index in [-0.39, 0.29) is 18.9 Å². The molecule has 1 N–H and O–H groups in total. The van der Waals surface area contributed by atoms with Gasteiger partial charge in [0.1, 0.15) is 17.9 Å². The molecule has 9 nitrogen and oxygen atoms in total. The number of methoxy groups -OCH3 is 1. The van der Waals surface area contributed by atoms with E-state index in [0.29, 0.717) is 56.2 Å². The highest BCUT2D eigenvalue weighted by atomic mass is 35.5. The van der Waals surface area contributed by atoms with Crippen LogP contribution in [-0.4, -0.2) is 80.8 Å². The number of amides is 1. The second-order valence-electron chi connectivity index (χ2n) is 11.7. The molecule has 5 heterocycles. The average molecular weight is 687 g/mol. The van der Waals surface area contributed by atoms with Crippen molar-refractivity contribution in [3.05, 3.63) is 81.4 Å². The van der Waals surface area contributed by atoms with Crippen LogP contribution >= 0.6 is 34.5 Å². The number of thiazole rings is 1. The third kappa shape index (κ3) is 5.93. The van der Waals surface area contributed by atoms with Crippen LogP contribution in [0.1, 0.15) is 35.3 Å². The van der Waals surface area contributed by atoms with Crippen LogP contribution in [-0.2, 0) is 22.5 Å². The van der Waals surface area contributed by atoms with Crippen LogP contribution in [0.2, 0.25) is 10.0 Å². The maximum absolute atomic E-state index is 15.2. The number of ether oxygens (including phenoxy) is 1. The van der Waals surface area contributed by atoms with E-state index < -0.39 is 24.3 Å². The summed E-state index contributed by atoms with van der Waals surface area (Å²) in [6.45, 7) is 2.69. The quantitative estimate of drug-likeness (QED) is 0.189. The van der Waals surface area contributed by atoms with Gasteiger partial charge in [-0.15, -0.1) is 11.3 Å². The molecule has 0 saturated carbocycles. The number of likely N-dealkylation sites (tertiary alicyclic amines) is 1. The molecule has 5 aromatic rings. The summed E-state index contributed by atoms with van der Waals surface area (Å²) in [5, 5.41) is 11.1. The highest BCUT2D eigenvalue weighted by molar-refractivity contribution is 7.13. The lowest BCUT2D eigenvalue weighted by Crippen LogP contribution is -2.42. The van der Waals surface area contributed by atoms with Gasteiger partial charge in [-0.1, -0.05) is 47.5 Å². The smallest absolute Gasteiger partial charge is 0.257 e. The Balaban J connectivity index is 1.20. The molecule has 14 heteroatoms. The molecule has 1 amide bonds. The van der Waals surface area contributed by atoms with Crippen LogP contribution in [0.4, 0.5) is 13.9 Å². The molecule has 1 unspecified atom stereocenters. The molecule has 0 radical (unpaired) electrons. The van der Waals surface area contributed by atoms with E-state index in [9.17, 15) is 9.18 Å². The summed E-state index contributed by atoms with van der Waals surface area (Å²) in [4.78, 5) is 24.5. The molecule has 2 aliphatic heterocycles. The van der Waals surface area contributed by atoms with Crippen molar-refractivity contribution in [2.45, 2.75) is 43.7 Å². The lowest BCUT2D eigenvalue weighted by atomic mass is 9.87. The van der Waals surface area contributed by atoms with Crippen LogP contribution in [0.15, 0.2) is 54.4 Å². The highest BCUT2D eigenvalue weighted by Crippen LogP contribution is 2.40. The zero-order chi connectivity index (χ0) is 31.9. The van der Waals surface area contributed by atoms with Crippen LogP contribution < -0.4 is 5.32 Å². The first-order valence-electron chi connectivity index (χ1n) is 15.0. The molecular weight excluding hydrogens is 655 g/mol. The first kappa shape index (κ1) is 31.2. The number of nitrogens with one attached hydrogen (secondary N) is 1. The SMILES string of the molecule is COCCN1CC[C@@H](c2ccc(-c3cc(Cl)c4cn(C(C(=O)Nc5nccs5)c5ncn6c5C[C@@H](F)C6)nc4c3Cl)cc2)[C@H](F)C1. The summed E-state index contributed by atoms with van der Waals surface area (Å²) in [6.07, 6.45) is 3.65. The summed E-state index contributed by atoms with van der Waals surface area (Å²) in [7, 11) is 1.65. The number of alkyl halides is 2. The lowest BCUT2D eigenvalue weighted by Gasteiger charge is -2.34. The summed E-state index contributed by atoms with van der Waals surface area (Å²) >= 11 is 15.1. The molecular formula is C32H31Cl2F2N7O2S. The zero-order valence-electron chi connectivity index (χ0n) is 24.9. The van der Waals surface area contributed by atoms with Gasteiger partial charge in [-0.3, -0.25) is 19.7 Å². The van der Waals surface area contributed by atoms with E-state index >= 15 is 4.39 Å². The van der Waals surface area contributed by atoms with Crippen molar-refractivity contribution in [1.82, 2.24) is 29.2 Å². The Morgan fingerprint density at radius 2 is 2.02 bits per heavy atom. The minimum absolute atomic E-state index is 0.148. The second kappa shape index (κ2) is 13.0. The van der Waals surface area contributed by atoms with E-state index in [4.69, 9.17) is 33.0 Å². The van der Waals surface area contributed by atoms with E-state index in [1.807, 2.05) is 24.3 Å². The van der Waals surface area contributed by atoms with Crippen molar-refractivity contribution in [3.8, 4) is 11.1 Å². The van der Waals surface area contributed by atoms with Crippen molar-refractivity contribution < 1.29 is 18.3 Å². The van der Waals surface area contributed by atoms with Crippen LogP contribution in [0, 0.1) is 0 Å². The monoisotopic (exact) mass is 685 g/mol. The van der Waals surface area contributed by atoms with Crippen molar-refractivity contribution in [2.75, 3.05) is 38.7 Å². The predicted octanol–water partition coefficient (Wildman–Crippen LogP) is 6.56. The number of carbonyl (C=O) groups excluding carboxylic acids is 1. The molecule has 2 aromatic carbocycles. The Hall–Kier alpha value is -3.42. The summed E-state index contributed by atoms with van der Waals surface area (Å²) < 4.78 is 37.9. The van der Waals surface area contributed by atoms with Crippen molar-refractivity contribution in [2.24, 2.45) is 0 Å². The number of hydrogen-bond donors (Lipinski definition) is 1. The Kier molecular flexibility index (Phi) is 8.81. The van der Waals surface area contributed by atoms with Gasteiger partial charge in [0.05, 0.1) is 35.2 Å². The number of nitrogens with zero attached hydrogens (tertiary/aromatic N) is 6. The number of carbonyl (C=O) groups is 1. The topological polar surface area (TPSA) is 90.1 Å². The number of halogens is 4. The van der Waals surface area contributed by atoms with Gasteiger partial charge >= 0.3 is 0 Å². The van der Waals surface area contributed by atoms with Gasteiger partial charge < -0.3 is 9.30 Å². The fourth-order valence-corrected chi connectivity index (χ4v) is 7.57. The second-order valence-corrected chi connectivity index (χ2v) is 13.4. The molecule has 1 fully saturated rings. The van der Waals surface area contributed by atoms with Gasteiger partial charge in [-0.05, 0) is 30.2 Å². The molecule has 3 aromatic heterocycles. The number of fused-ring (bicyclic) bond motifs is 2. The number of benzene rings is 2. The maximum Gasteiger partial charge on any atom is 0.257 e. The number of piperidine rings is 1. The first-order valence-corrected chi connectivity index (χ1v) is 16.6. The van der Waals surface area contributed by atoms with Crippen molar-refractivity contribution >= 4 is 56.5 Å². The number of aromatic nitrogens is 5. The normalized spacial score (nSPS) is 20.7. The van der Waals surface area contributed by atoms with Gasteiger partial charge in [-0.25, -0.2) is 18.7 Å². The molecule has 0 aliphatic carbocycles. The highest BCUT2D eigenvalue weighted by Gasteiger charge is 2.35. The van der Waals surface area contributed by atoms with E-state index in [1.54, 1.807) is 41.8 Å². The summed E-state index contributed by atoms with van der Waals surface area (Å²) in [6, 6.07) is 8.48. The minimum Gasteiger partial charge on any atom is -0.383 e. The standard InChI is InChI=1S/C32H31Cl2F2N7O2S/c1-45-10-9-41-8-6-21(25(36)16-41)18-2-4-19(5-3-18)22-13-24(33)23-15-43(40-28(23)27(22)34)30(31(44)39-32-37-7-11-46-32)29-26-12-20(35)14-42(26)17-38-29/h2-5,7,11,13,15,17,20-21,25,30H,6,8-10,12,14,16H2,1H3,(H,37,39,44)/t20-,21+,25-,30?/m1/s1. The number of hydrogen-bond acceptors (Lipinski definition) is 7. The Morgan fingerprint density at radius 1 is 1.20 bits per heavy atom. The van der Waals surface area contributed by atoms with Crippen LogP contribution in [0.25, 0.3) is 22.0 Å². The zero-order valence-corrected chi connectivity index (χ0v) is 27.2. The first-order chi connectivity index (χ1) is 22.3. The van der Waals surface area contributed by atoms with Gasteiger partial charge in [0.25, 0.3) is 5.91 Å². The van der Waals surface area contributed by atoms with Crippen molar-refractivity contribution in [1.29, 1.82) is 0 Å². The molecule has 1 saturated heterocycles. The molecule has 2 aliphatic rings. The predicted molar refractivity (Wildman–Crippen MR) is 175 cm³/mol. The average Bonchev–Trinajstić information content (AvgIpc) is 3.85. The van der Waals surface area contributed by atoms with E-state index in [0.717, 1.165) is 30.6 Å². The summed E-state index contributed by atoms with van der Waals surface area (Å²) in [5.41, 5.74) is 3.86. The minimum atomic E-state index is -1.06. The van der Waals surface area contributed by atoms with Crippen LogP contribution in [0.3, 0.4) is 0 Å². The maximum atomic E-state index is 15.2. The molecule has 4 atom stereocenters. The fraction of sp³-hybridized carbons (Fsp3) is 0.375. The third-order valence-electron chi connectivity index (χ3n) is 8.81. The Morgan fingerprint density at radius 3 is 2.76 bits per heavy atom. The van der Waals surface area contributed by atoms with Gasteiger partial charge in [0.15, 0.2) is 11.2 Å². The molecule has 240 valence electrons. The Labute approximate surface area is 278 Å². The number of imidazole rings is 1.